The normalized spacial score (nSPS) is 22.8. The number of ether oxygens (including phenoxy) is 2. The molecule has 4 heteroatoms. The van der Waals surface area contributed by atoms with Crippen LogP contribution < -0.4 is 0 Å². The Morgan fingerprint density at radius 2 is 1.66 bits per heavy atom. The fourth-order valence-corrected chi connectivity index (χ4v) is 5.56. The van der Waals surface area contributed by atoms with Crippen molar-refractivity contribution in [3.8, 4) is 0 Å². The molecule has 3 aliphatic rings. The van der Waals surface area contributed by atoms with E-state index in [-0.39, 0.29) is 22.7 Å². The number of esters is 2. The zero-order valence-corrected chi connectivity index (χ0v) is 23.0. The van der Waals surface area contributed by atoms with Crippen molar-refractivity contribution < 1.29 is 19.1 Å². The summed E-state index contributed by atoms with van der Waals surface area (Å²) in [4.78, 5) is 26.0. The molecule has 2 atom stereocenters. The monoisotopic (exact) mass is 478 g/mol. The van der Waals surface area contributed by atoms with Crippen LogP contribution in [-0.2, 0) is 19.1 Å². The summed E-state index contributed by atoms with van der Waals surface area (Å²) in [7, 11) is 2.77. The molecule has 0 saturated carbocycles. The minimum absolute atomic E-state index is 0.0139. The van der Waals surface area contributed by atoms with Gasteiger partial charge in [-0.2, -0.15) is 0 Å². The second-order valence-electron chi connectivity index (χ2n) is 12.1. The van der Waals surface area contributed by atoms with E-state index in [1.165, 1.54) is 36.5 Å². The molecule has 35 heavy (non-hydrogen) atoms. The third kappa shape index (κ3) is 5.79. The number of methoxy groups -OCH3 is 2. The van der Waals surface area contributed by atoms with E-state index in [0.717, 1.165) is 24.8 Å². The van der Waals surface area contributed by atoms with E-state index in [4.69, 9.17) is 9.47 Å². The Labute approximate surface area is 211 Å². The van der Waals surface area contributed by atoms with Crippen LogP contribution in [0.1, 0.15) is 74.1 Å². The molecule has 0 aromatic rings. The van der Waals surface area contributed by atoms with Crippen molar-refractivity contribution in [1.29, 1.82) is 0 Å². The molecule has 3 rings (SSSR count). The molecule has 1 unspecified atom stereocenters. The Hall–Kier alpha value is -2.62. The quantitative estimate of drug-likeness (QED) is 0.299. The van der Waals surface area contributed by atoms with Gasteiger partial charge in [-0.3, -0.25) is 0 Å². The second-order valence-corrected chi connectivity index (χ2v) is 12.1. The van der Waals surface area contributed by atoms with E-state index >= 15 is 0 Å². The van der Waals surface area contributed by atoms with Crippen molar-refractivity contribution in [3.63, 3.8) is 0 Å². The third-order valence-electron chi connectivity index (χ3n) is 7.50. The third-order valence-corrected chi connectivity index (χ3v) is 7.50. The van der Waals surface area contributed by atoms with Gasteiger partial charge in [-0.05, 0) is 42.6 Å². The summed E-state index contributed by atoms with van der Waals surface area (Å²) in [5.74, 6) is -0.916. The van der Waals surface area contributed by atoms with Crippen molar-refractivity contribution in [2.45, 2.75) is 74.1 Å². The highest BCUT2D eigenvalue weighted by Crippen LogP contribution is 2.49. The average molecular weight is 479 g/mol. The lowest BCUT2D eigenvalue weighted by molar-refractivity contribution is -0.140. The lowest BCUT2D eigenvalue weighted by atomic mass is 9.69. The van der Waals surface area contributed by atoms with Crippen LogP contribution in [-0.4, -0.2) is 26.2 Å². The van der Waals surface area contributed by atoms with E-state index < -0.39 is 11.9 Å². The van der Waals surface area contributed by atoms with Crippen LogP contribution in [0.25, 0.3) is 0 Å². The molecule has 0 fully saturated rings. The van der Waals surface area contributed by atoms with Gasteiger partial charge in [0.2, 0.25) is 0 Å². The van der Waals surface area contributed by atoms with E-state index in [2.05, 4.69) is 78.8 Å². The first kappa shape index (κ1) is 27.0. The Morgan fingerprint density at radius 3 is 2.17 bits per heavy atom. The Balaban J connectivity index is 2.14. The molecule has 0 spiro atoms. The van der Waals surface area contributed by atoms with Gasteiger partial charge < -0.3 is 9.47 Å². The van der Waals surface area contributed by atoms with Gasteiger partial charge in [0.05, 0.1) is 25.4 Å². The average Bonchev–Trinajstić information content (AvgIpc) is 3.44. The molecule has 190 valence electrons. The molecule has 0 aromatic carbocycles. The van der Waals surface area contributed by atoms with Crippen LogP contribution in [0.15, 0.2) is 69.4 Å². The molecule has 0 radical (unpaired) electrons. The Morgan fingerprint density at radius 1 is 1.00 bits per heavy atom. The summed E-state index contributed by atoms with van der Waals surface area (Å²) in [5, 5.41) is 0. The van der Waals surface area contributed by atoms with Gasteiger partial charge in [-0.1, -0.05) is 94.2 Å². The number of rotatable bonds is 6. The SMILES string of the molecule is COC(=O)C1=C(C(=O)OC)[C@H](CC2C=C(C(C)(C)C)C=C2C(C)(C)C)C(CC2=CC=CC2)=C(C)C1. The molecule has 0 aromatic heterocycles. The Kier molecular flexibility index (Phi) is 7.83. The predicted octanol–water partition coefficient (Wildman–Crippen LogP) is 7.21. The first-order valence-electron chi connectivity index (χ1n) is 12.6. The van der Waals surface area contributed by atoms with Gasteiger partial charge in [0, 0.05) is 18.3 Å². The first-order valence-corrected chi connectivity index (χ1v) is 12.6. The number of allylic oxidation sites excluding steroid dienone is 10. The summed E-state index contributed by atoms with van der Waals surface area (Å²) >= 11 is 0. The lowest BCUT2D eigenvalue weighted by Gasteiger charge is -2.35. The Bertz CT molecular complexity index is 1070. The number of hydrogen-bond acceptors (Lipinski definition) is 4. The van der Waals surface area contributed by atoms with Crippen LogP contribution in [0.2, 0.25) is 0 Å². The molecule has 3 aliphatic carbocycles. The zero-order valence-electron chi connectivity index (χ0n) is 23.0. The minimum atomic E-state index is -0.445. The zero-order chi connectivity index (χ0) is 26.1. The fraction of sp³-hybridized carbons (Fsp3) is 0.548. The van der Waals surface area contributed by atoms with Crippen LogP contribution in [0.3, 0.4) is 0 Å². The van der Waals surface area contributed by atoms with Crippen molar-refractivity contribution in [2.75, 3.05) is 14.2 Å². The molecule has 0 saturated heterocycles. The molecule has 0 heterocycles. The van der Waals surface area contributed by atoms with Gasteiger partial charge in [0.25, 0.3) is 0 Å². The molecular weight excluding hydrogens is 436 g/mol. The van der Waals surface area contributed by atoms with Crippen LogP contribution in [0, 0.1) is 22.7 Å². The van der Waals surface area contributed by atoms with E-state index in [1.807, 2.05) is 0 Å². The standard InChI is InChI=1S/C31H42O4/c1-19-14-25(28(32)34-8)27(29(33)35-9)24(23(19)15-20-12-10-11-13-20)17-21-16-22(30(2,3)4)18-26(21)31(5,6)7/h10-12,16,18,21,24H,13-15,17H2,1-9H3/t21?,24-/m1/s1. The highest BCUT2D eigenvalue weighted by Gasteiger charge is 2.40. The molecule has 0 aliphatic heterocycles. The maximum Gasteiger partial charge on any atom is 0.334 e. The summed E-state index contributed by atoms with van der Waals surface area (Å²) in [5.41, 5.74) is 7.33. The van der Waals surface area contributed by atoms with Crippen LogP contribution >= 0.6 is 0 Å². The maximum absolute atomic E-state index is 13.2. The number of carbonyl (C=O) groups excluding carboxylic acids is 2. The van der Waals surface area contributed by atoms with Crippen molar-refractivity contribution in [1.82, 2.24) is 0 Å². The minimum Gasteiger partial charge on any atom is -0.466 e. The molecule has 0 bridgehead atoms. The second kappa shape index (κ2) is 10.2. The van der Waals surface area contributed by atoms with Crippen molar-refractivity contribution in [2.24, 2.45) is 22.7 Å². The predicted molar refractivity (Wildman–Crippen MR) is 142 cm³/mol. The maximum atomic E-state index is 13.2. The number of carbonyl (C=O) groups is 2. The van der Waals surface area contributed by atoms with Gasteiger partial charge >= 0.3 is 11.9 Å². The van der Waals surface area contributed by atoms with E-state index in [0.29, 0.717) is 17.6 Å². The first-order chi connectivity index (χ1) is 16.3. The van der Waals surface area contributed by atoms with E-state index in [1.54, 1.807) is 0 Å². The van der Waals surface area contributed by atoms with Crippen molar-refractivity contribution in [3.05, 3.63) is 69.4 Å². The topological polar surface area (TPSA) is 52.6 Å². The number of hydrogen-bond donors (Lipinski definition) is 0. The molecule has 4 nitrogen and oxygen atoms in total. The van der Waals surface area contributed by atoms with Gasteiger partial charge in [-0.15, -0.1) is 0 Å². The largest absolute Gasteiger partial charge is 0.466 e. The summed E-state index contributed by atoms with van der Waals surface area (Å²) < 4.78 is 10.4. The van der Waals surface area contributed by atoms with Crippen LogP contribution in [0.4, 0.5) is 0 Å². The van der Waals surface area contributed by atoms with Crippen molar-refractivity contribution >= 4 is 11.9 Å². The lowest BCUT2D eigenvalue weighted by Crippen LogP contribution is -2.29. The van der Waals surface area contributed by atoms with Gasteiger partial charge in [0.15, 0.2) is 0 Å². The molecular formula is C31H42O4. The van der Waals surface area contributed by atoms with Gasteiger partial charge in [0.1, 0.15) is 0 Å². The summed E-state index contributed by atoms with van der Waals surface area (Å²) in [6.45, 7) is 15.6. The molecule has 0 N–H and O–H groups in total. The highest BCUT2D eigenvalue weighted by atomic mass is 16.5. The fourth-order valence-electron chi connectivity index (χ4n) is 5.56. The van der Waals surface area contributed by atoms with Gasteiger partial charge in [-0.25, -0.2) is 9.59 Å². The summed E-state index contributed by atoms with van der Waals surface area (Å²) in [6.07, 6.45) is 14.0. The van der Waals surface area contributed by atoms with Crippen LogP contribution in [0.5, 0.6) is 0 Å². The van der Waals surface area contributed by atoms with E-state index in [9.17, 15) is 9.59 Å². The molecule has 0 amide bonds. The summed E-state index contributed by atoms with van der Waals surface area (Å²) in [6, 6.07) is 0. The smallest absolute Gasteiger partial charge is 0.334 e. The highest BCUT2D eigenvalue weighted by molar-refractivity contribution is 6.02.